The third-order valence-electron chi connectivity index (χ3n) is 6.55. The molecule has 2 aromatic rings. The van der Waals surface area contributed by atoms with E-state index >= 15 is 0 Å². The van der Waals surface area contributed by atoms with Gasteiger partial charge in [0.15, 0.2) is 0 Å². The molecule has 3 rings (SSSR count). The monoisotopic (exact) mass is 472 g/mol. The van der Waals surface area contributed by atoms with E-state index in [1.807, 2.05) is 56.4 Å². The number of allylic oxidation sites excluding steroid dienone is 2. The molecule has 0 spiro atoms. The number of aromatic nitrogens is 1. The molecule has 1 heterocycles. The van der Waals surface area contributed by atoms with Gasteiger partial charge in [-0.15, -0.1) is 0 Å². The van der Waals surface area contributed by atoms with Crippen molar-refractivity contribution in [3.63, 3.8) is 0 Å². The first kappa shape index (κ1) is 26.4. The Morgan fingerprint density at radius 1 is 1.09 bits per heavy atom. The van der Waals surface area contributed by atoms with E-state index in [0.29, 0.717) is 18.5 Å². The Morgan fingerprint density at radius 3 is 2.49 bits per heavy atom. The van der Waals surface area contributed by atoms with Crippen LogP contribution < -0.4 is 11.6 Å². The first-order valence-electron chi connectivity index (χ1n) is 12.7. The fraction of sp³-hybridized carbons (Fsp3) is 0.414. The summed E-state index contributed by atoms with van der Waals surface area (Å²) in [5.41, 5.74) is 12.9. The molecule has 4 N–H and O–H groups in total. The van der Waals surface area contributed by atoms with Crippen LogP contribution in [0.1, 0.15) is 68.8 Å². The Bertz CT molecular complexity index is 1060. The van der Waals surface area contributed by atoms with Crippen molar-refractivity contribution in [3.8, 4) is 0 Å². The highest BCUT2D eigenvalue weighted by molar-refractivity contribution is 6.31. The van der Waals surface area contributed by atoms with E-state index in [-0.39, 0.29) is 0 Å². The third kappa shape index (κ3) is 8.18. The average Bonchev–Trinajstić information content (AvgIpc) is 2.86. The highest BCUT2D eigenvalue weighted by atomic mass is 15.4. The highest BCUT2D eigenvalue weighted by Gasteiger charge is 2.17. The number of hydrogen-bond acceptors (Lipinski definition) is 6. The Morgan fingerprint density at radius 2 is 1.83 bits per heavy atom. The van der Waals surface area contributed by atoms with E-state index in [0.717, 1.165) is 40.8 Å². The van der Waals surface area contributed by atoms with Crippen LogP contribution in [0.25, 0.3) is 5.70 Å². The van der Waals surface area contributed by atoms with Gasteiger partial charge < -0.3 is 10.7 Å². The first-order chi connectivity index (χ1) is 17.0. The molecule has 1 aliphatic rings. The standard InChI is InChI=1S/C29H40N6/c1-4-19-32-21-26(34-25-13-9-6-10-14-25)16-18-28(35(3)31)29(30)27-17-15-24(22(2)33-27)20-23-11-7-5-8-12-23/h4,6,9-10,13-15,17,19,21,23H,5,7-8,11-12,16,18,20,30-31H2,1-3H3/b19-4+,29-28-,32-21?,34-26?. The van der Waals surface area contributed by atoms with Crippen molar-refractivity contribution in [2.75, 3.05) is 7.05 Å². The summed E-state index contributed by atoms with van der Waals surface area (Å²) in [6, 6.07) is 14.1. The summed E-state index contributed by atoms with van der Waals surface area (Å²) in [7, 11) is 1.81. The Kier molecular flexibility index (Phi) is 10.2. The van der Waals surface area contributed by atoms with Crippen molar-refractivity contribution in [2.24, 2.45) is 27.5 Å². The molecule has 1 saturated carbocycles. The average molecular weight is 473 g/mol. The summed E-state index contributed by atoms with van der Waals surface area (Å²) in [6.45, 7) is 4.02. The van der Waals surface area contributed by atoms with Crippen LogP contribution in [0.2, 0.25) is 0 Å². The van der Waals surface area contributed by atoms with Crippen LogP contribution >= 0.6 is 0 Å². The zero-order valence-corrected chi connectivity index (χ0v) is 21.5. The number of para-hydroxylation sites is 1. The van der Waals surface area contributed by atoms with E-state index in [1.165, 1.54) is 37.7 Å². The van der Waals surface area contributed by atoms with Gasteiger partial charge in [0.1, 0.15) is 0 Å². The van der Waals surface area contributed by atoms with Crippen LogP contribution in [0.4, 0.5) is 5.69 Å². The van der Waals surface area contributed by atoms with Crippen molar-refractivity contribution in [1.82, 2.24) is 9.99 Å². The quantitative estimate of drug-likeness (QED) is 0.248. The number of benzene rings is 1. The van der Waals surface area contributed by atoms with Crippen LogP contribution in [0, 0.1) is 12.8 Å². The second-order valence-corrected chi connectivity index (χ2v) is 9.32. The number of aryl methyl sites for hydroxylation is 1. The number of nitrogens with zero attached hydrogens (tertiary/aromatic N) is 4. The molecule has 6 nitrogen and oxygen atoms in total. The molecule has 1 fully saturated rings. The maximum atomic E-state index is 6.61. The number of hydrazine groups is 1. The van der Waals surface area contributed by atoms with E-state index in [2.05, 4.69) is 18.0 Å². The Balaban J connectivity index is 1.79. The normalized spacial score (nSPS) is 16.2. The molecule has 35 heavy (non-hydrogen) atoms. The predicted molar refractivity (Wildman–Crippen MR) is 148 cm³/mol. The lowest BCUT2D eigenvalue weighted by atomic mass is 9.84. The van der Waals surface area contributed by atoms with E-state index in [1.54, 1.807) is 17.4 Å². The zero-order chi connectivity index (χ0) is 25.0. The molecule has 1 aromatic heterocycles. The third-order valence-corrected chi connectivity index (χ3v) is 6.55. The molecule has 186 valence electrons. The minimum absolute atomic E-state index is 0.603. The fourth-order valence-corrected chi connectivity index (χ4v) is 4.59. The Hall–Kier alpha value is -3.25. The Labute approximate surface area is 210 Å². The van der Waals surface area contributed by atoms with Crippen molar-refractivity contribution in [3.05, 3.63) is 77.4 Å². The molecule has 6 heteroatoms. The van der Waals surface area contributed by atoms with E-state index in [4.69, 9.17) is 21.6 Å². The minimum atomic E-state index is 0.603. The molecule has 0 saturated heterocycles. The summed E-state index contributed by atoms with van der Waals surface area (Å²) >= 11 is 0. The minimum Gasteiger partial charge on any atom is -0.396 e. The molecule has 1 aliphatic carbocycles. The molecular formula is C29H40N6. The fourth-order valence-electron chi connectivity index (χ4n) is 4.59. The molecule has 0 amide bonds. The topological polar surface area (TPSA) is 92.9 Å². The van der Waals surface area contributed by atoms with Gasteiger partial charge in [-0.1, -0.05) is 62.4 Å². The van der Waals surface area contributed by atoms with E-state index < -0.39 is 0 Å². The number of aliphatic imine (C=N–C) groups is 2. The van der Waals surface area contributed by atoms with Gasteiger partial charge in [0.25, 0.3) is 0 Å². The van der Waals surface area contributed by atoms with Crippen LogP contribution in [-0.4, -0.2) is 29.0 Å². The SMILES string of the molecule is C/C=C/N=CC(CC/C(=C(/N)c1ccc(CC2CCCCC2)c(C)n1)N(C)N)=Nc1ccccc1. The highest BCUT2D eigenvalue weighted by Crippen LogP contribution is 2.28. The van der Waals surface area contributed by atoms with Crippen LogP contribution in [-0.2, 0) is 6.42 Å². The molecule has 0 aliphatic heterocycles. The van der Waals surface area contributed by atoms with E-state index in [9.17, 15) is 0 Å². The number of pyridine rings is 1. The number of nitrogens with two attached hydrogens (primary N) is 2. The van der Waals surface area contributed by atoms with Gasteiger partial charge in [0, 0.05) is 25.2 Å². The van der Waals surface area contributed by atoms with Crippen molar-refractivity contribution in [1.29, 1.82) is 0 Å². The number of rotatable bonds is 10. The molecule has 0 atom stereocenters. The van der Waals surface area contributed by atoms with Gasteiger partial charge >= 0.3 is 0 Å². The van der Waals surface area contributed by atoms with Gasteiger partial charge in [-0.3, -0.25) is 15.0 Å². The smallest absolute Gasteiger partial charge is 0.0880 e. The van der Waals surface area contributed by atoms with Crippen molar-refractivity contribution in [2.45, 2.75) is 65.2 Å². The second kappa shape index (κ2) is 13.6. The summed E-state index contributed by atoms with van der Waals surface area (Å²) in [5, 5.41) is 1.59. The lowest BCUT2D eigenvalue weighted by Crippen LogP contribution is -2.28. The lowest BCUT2D eigenvalue weighted by molar-refractivity contribution is 0.356. The molecule has 1 aromatic carbocycles. The zero-order valence-electron chi connectivity index (χ0n) is 21.5. The van der Waals surface area contributed by atoms with Gasteiger partial charge in [-0.05, 0) is 62.8 Å². The maximum absolute atomic E-state index is 6.61. The largest absolute Gasteiger partial charge is 0.396 e. The van der Waals surface area contributed by atoms with Gasteiger partial charge in [-0.2, -0.15) is 0 Å². The lowest BCUT2D eigenvalue weighted by Gasteiger charge is -2.23. The van der Waals surface area contributed by atoms with Crippen LogP contribution in [0.15, 0.2) is 70.4 Å². The molecular weight excluding hydrogens is 432 g/mol. The van der Waals surface area contributed by atoms with Crippen molar-refractivity contribution < 1.29 is 0 Å². The van der Waals surface area contributed by atoms with Crippen LogP contribution in [0.5, 0.6) is 0 Å². The van der Waals surface area contributed by atoms with Gasteiger partial charge in [0.05, 0.1) is 28.5 Å². The number of hydrogen-bond donors (Lipinski definition) is 2. The predicted octanol–water partition coefficient (Wildman–Crippen LogP) is 6.10. The summed E-state index contributed by atoms with van der Waals surface area (Å²) < 4.78 is 0. The van der Waals surface area contributed by atoms with Crippen molar-refractivity contribution >= 4 is 23.3 Å². The summed E-state index contributed by atoms with van der Waals surface area (Å²) in [6.07, 6.45) is 14.5. The van der Waals surface area contributed by atoms with Crippen LogP contribution in [0.3, 0.4) is 0 Å². The first-order valence-corrected chi connectivity index (χ1v) is 12.7. The second-order valence-electron chi connectivity index (χ2n) is 9.32. The summed E-state index contributed by atoms with van der Waals surface area (Å²) in [5.74, 6) is 6.99. The van der Waals surface area contributed by atoms with Gasteiger partial charge in [-0.25, -0.2) is 5.84 Å². The van der Waals surface area contributed by atoms with Gasteiger partial charge in [0.2, 0.25) is 0 Å². The maximum Gasteiger partial charge on any atom is 0.0880 e. The summed E-state index contributed by atoms with van der Waals surface area (Å²) in [4.78, 5) is 14.0. The molecule has 0 bridgehead atoms. The molecule has 0 radical (unpaired) electrons. The molecule has 0 unspecified atom stereocenters.